The second kappa shape index (κ2) is 4.81. The first-order valence-electron chi connectivity index (χ1n) is 9.10. The number of rotatable bonds is 1. The first kappa shape index (κ1) is 16.1. The van der Waals surface area contributed by atoms with Crippen molar-refractivity contribution in [2.24, 2.45) is 28.6 Å². The highest BCUT2D eigenvalue weighted by Gasteiger charge is 2.66. The van der Waals surface area contributed by atoms with Crippen molar-refractivity contribution in [1.29, 1.82) is 0 Å². The fraction of sp³-hybridized carbons (Fsp3) is 0.700. The molecular formula is C20H26O4. The molecule has 24 heavy (non-hydrogen) atoms. The van der Waals surface area contributed by atoms with E-state index < -0.39 is 17.0 Å². The number of hydrogen-bond acceptors (Lipinski definition) is 3. The highest BCUT2D eigenvalue weighted by Crippen LogP contribution is 2.66. The second-order valence-electron chi connectivity index (χ2n) is 8.76. The topological polar surface area (TPSA) is 74.6 Å². The zero-order valence-electron chi connectivity index (χ0n) is 14.4. The van der Waals surface area contributed by atoms with E-state index in [0.717, 1.165) is 25.7 Å². The lowest BCUT2D eigenvalue weighted by atomic mass is 9.48. The van der Waals surface area contributed by atoms with Crippen LogP contribution in [0.2, 0.25) is 0 Å². The van der Waals surface area contributed by atoms with Crippen molar-refractivity contribution in [3.05, 3.63) is 23.8 Å². The third-order valence-corrected chi connectivity index (χ3v) is 8.02. The average Bonchev–Trinajstić information content (AvgIpc) is 2.81. The Balaban J connectivity index is 1.73. The zero-order chi connectivity index (χ0) is 17.3. The SMILES string of the molecule is C[C@]12C=CC(=O)CC1=CC[C@@H]1[C@@H]2CC[C@@]2(C)[C@H]1CC[C@]2(O)C(=O)O. The Labute approximate surface area is 142 Å². The molecule has 4 nitrogen and oxygen atoms in total. The Morgan fingerprint density at radius 1 is 1.21 bits per heavy atom. The third-order valence-electron chi connectivity index (χ3n) is 8.02. The summed E-state index contributed by atoms with van der Waals surface area (Å²) < 4.78 is 0. The molecule has 4 aliphatic rings. The fourth-order valence-corrected chi connectivity index (χ4v) is 6.47. The minimum atomic E-state index is -1.59. The van der Waals surface area contributed by atoms with Crippen LogP contribution in [-0.4, -0.2) is 27.6 Å². The number of aliphatic hydroxyl groups is 1. The van der Waals surface area contributed by atoms with Crippen molar-refractivity contribution in [1.82, 2.24) is 0 Å². The van der Waals surface area contributed by atoms with E-state index in [4.69, 9.17) is 0 Å². The molecule has 0 saturated heterocycles. The molecule has 4 aliphatic carbocycles. The molecule has 0 bridgehead atoms. The lowest BCUT2D eigenvalue weighted by molar-refractivity contribution is -0.180. The number of ketones is 1. The second-order valence-corrected chi connectivity index (χ2v) is 8.76. The zero-order valence-corrected chi connectivity index (χ0v) is 14.4. The number of aliphatic carboxylic acids is 1. The van der Waals surface area contributed by atoms with Gasteiger partial charge in [-0.1, -0.05) is 31.6 Å². The standard InChI is InChI=1S/C20H26O4/c1-18-8-5-13(21)11-12(18)3-4-14-15(18)6-9-19(2)16(14)7-10-20(19,24)17(22)23/h3,5,8,14-16,24H,4,6-7,9-11H2,1-2H3,(H,22,23)/t14-,15+,16+,18+,19+,20+/m1/s1. The van der Waals surface area contributed by atoms with E-state index in [2.05, 4.69) is 19.1 Å². The first-order valence-corrected chi connectivity index (χ1v) is 9.10. The summed E-state index contributed by atoms with van der Waals surface area (Å²) in [7, 11) is 0. The molecule has 0 spiro atoms. The summed E-state index contributed by atoms with van der Waals surface area (Å²) in [6.07, 6.45) is 10.3. The van der Waals surface area contributed by atoms with Gasteiger partial charge in [0.25, 0.3) is 0 Å². The Morgan fingerprint density at radius 2 is 1.92 bits per heavy atom. The van der Waals surface area contributed by atoms with Crippen molar-refractivity contribution < 1.29 is 19.8 Å². The van der Waals surface area contributed by atoms with E-state index >= 15 is 0 Å². The molecule has 0 aromatic heterocycles. The molecule has 0 amide bonds. The molecule has 0 unspecified atom stereocenters. The molecule has 0 aromatic carbocycles. The summed E-state index contributed by atoms with van der Waals surface area (Å²) in [5, 5.41) is 20.5. The average molecular weight is 330 g/mol. The lowest BCUT2D eigenvalue weighted by Crippen LogP contribution is -2.57. The number of carboxylic acids is 1. The Morgan fingerprint density at radius 3 is 2.62 bits per heavy atom. The largest absolute Gasteiger partial charge is 0.479 e. The molecular weight excluding hydrogens is 304 g/mol. The van der Waals surface area contributed by atoms with Gasteiger partial charge in [0, 0.05) is 17.3 Å². The summed E-state index contributed by atoms with van der Waals surface area (Å²) in [6, 6.07) is 0. The van der Waals surface area contributed by atoms with Crippen LogP contribution in [0.3, 0.4) is 0 Å². The number of carbonyl (C=O) groups is 2. The normalized spacial score (nSPS) is 49.9. The number of hydrogen-bond donors (Lipinski definition) is 2. The van der Waals surface area contributed by atoms with Gasteiger partial charge in [-0.15, -0.1) is 0 Å². The van der Waals surface area contributed by atoms with Crippen LogP contribution >= 0.6 is 0 Å². The molecule has 4 heteroatoms. The van der Waals surface area contributed by atoms with Gasteiger partial charge < -0.3 is 10.2 Å². The predicted molar refractivity (Wildman–Crippen MR) is 89.2 cm³/mol. The van der Waals surface area contributed by atoms with Crippen LogP contribution < -0.4 is 0 Å². The fourth-order valence-electron chi connectivity index (χ4n) is 6.47. The minimum Gasteiger partial charge on any atom is -0.479 e. The lowest BCUT2D eigenvalue weighted by Gasteiger charge is -2.56. The van der Waals surface area contributed by atoms with Crippen molar-refractivity contribution in [3.63, 3.8) is 0 Å². The molecule has 0 heterocycles. The van der Waals surface area contributed by atoms with Crippen LogP contribution in [0.25, 0.3) is 0 Å². The predicted octanol–water partition coefficient (Wildman–Crippen LogP) is 3.11. The number of allylic oxidation sites excluding steroid dienone is 4. The molecule has 0 aromatic rings. The number of carboxylic acid groups (broad SMARTS) is 1. The molecule has 6 atom stereocenters. The number of fused-ring (bicyclic) bond motifs is 5. The van der Waals surface area contributed by atoms with E-state index in [1.807, 2.05) is 6.92 Å². The first-order chi connectivity index (χ1) is 11.2. The monoisotopic (exact) mass is 330 g/mol. The maximum absolute atomic E-state index is 11.8. The van der Waals surface area contributed by atoms with Crippen LogP contribution in [0.5, 0.6) is 0 Å². The Bertz CT molecular complexity index is 677. The summed E-state index contributed by atoms with van der Waals surface area (Å²) in [5.74, 6) is 0.184. The summed E-state index contributed by atoms with van der Waals surface area (Å²) in [6.45, 7) is 4.22. The molecule has 2 saturated carbocycles. The van der Waals surface area contributed by atoms with Crippen LogP contribution in [0.4, 0.5) is 0 Å². The summed E-state index contributed by atoms with van der Waals surface area (Å²) >= 11 is 0. The highest BCUT2D eigenvalue weighted by atomic mass is 16.4. The Kier molecular flexibility index (Phi) is 3.22. The maximum atomic E-state index is 11.8. The molecule has 0 radical (unpaired) electrons. The van der Waals surface area contributed by atoms with Gasteiger partial charge in [-0.2, -0.15) is 0 Å². The van der Waals surface area contributed by atoms with Gasteiger partial charge in [0.05, 0.1) is 0 Å². The van der Waals surface area contributed by atoms with E-state index in [0.29, 0.717) is 24.7 Å². The molecule has 2 fully saturated rings. The Hall–Kier alpha value is -1.42. The summed E-state index contributed by atoms with van der Waals surface area (Å²) in [4.78, 5) is 23.5. The van der Waals surface area contributed by atoms with Crippen LogP contribution in [-0.2, 0) is 9.59 Å². The molecule has 4 rings (SSSR count). The van der Waals surface area contributed by atoms with Crippen LogP contribution in [0, 0.1) is 28.6 Å². The van der Waals surface area contributed by atoms with Crippen molar-refractivity contribution in [2.45, 2.75) is 58.0 Å². The van der Waals surface area contributed by atoms with Gasteiger partial charge in [-0.3, -0.25) is 4.79 Å². The quantitative estimate of drug-likeness (QED) is 0.725. The van der Waals surface area contributed by atoms with Gasteiger partial charge in [0.2, 0.25) is 0 Å². The van der Waals surface area contributed by atoms with Crippen molar-refractivity contribution in [2.75, 3.05) is 0 Å². The van der Waals surface area contributed by atoms with Crippen molar-refractivity contribution in [3.8, 4) is 0 Å². The van der Waals surface area contributed by atoms with Gasteiger partial charge in [-0.25, -0.2) is 4.79 Å². The minimum absolute atomic E-state index is 0.0813. The van der Waals surface area contributed by atoms with Crippen molar-refractivity contribution >= 4 is 11.8 Å². The van der Waals surface area contributed by atoms with E-state index in [9.17, 15) is 19.8 Å². The van der Waals surface area contributed by atoms with Gasteiger partial charge in [0.1, 0.15) is 0 Å². The van der Waals surface area contributed by atoms with Gasteiger partial charge in [0.15, 0.2) is 11.4 Å². The summed E-state index contributed by atoms with van der Waals surface area (Å²) in [5.41, 5.74) is -0.976. The highest BCUT2D eigenvalue weighted by molar-refractivity contribution is 5.93. The number of carbonyl (C=O) groups excluding carboxylic acids is 1. The van der Waals surface area contributed by atoms with E-state index in [-0.39, 0.29) is 17.1 Å². The van der Waals surface area contributed by atoms with Crippen LogP contribution in [0.1, 0.15) is 52.4 Å². The van der Waals surface area contributed by atoms with E-state index in [1.165, 1.54) is 5.57 Å². The van der Waals surface area contributed by atoms with Gasteiger partial charge >= 0.3 is 5.97 Å². The molecule has 130 valence electrons. The smallest absolute Gasteiger partial charge is 0.336 e. The molecule has 2 N–H and O–H groups in total. The molecule has 0 aliphatic heterocycles. The third kappa shape index (κ3) is 1.78. The maximum Gasteiger partial charge on any atom is 0.336 e. The van der Waals surface area contributed by atoms with Gasteiger partial charge in [-0.05, 0) is 55.9 Å². The van der Waals surface area contributed by atoms with Crippen LogP contribution in [0.15, 0.2) is 23.8 Å². The van der Waals surface area contributed by atoms with E-state index in [1.54, 1.807) is 6.08 Å².